The highest BCUT2D eigenvalue weighted by Gasteiger charge is 2.46. The zero-order valence-electron chi connectivity index (χ0n) is 27.2. The lowest BCUT2D eigenvalue weighted by molar-refractivity contribution is 0.672. The Kier molecular flexibility index (Phi) is 6.07. The normalized spacial score (nSPS) is 13.2. The van der Waals surface area contributed by atoms with Crippen LogP contribution in [-0.2, 0) is 5.41 Å². The molecule has 0 bridgehead atoms. The second kappa shape index (κ2) is 10.7. The zero-order chi connectivity index (χ0) is 32.5. The lowest BCUT2D eigenvalue weighted by Gasteiger charge is -2.34. The van der Waals surface area contributed by atoms with Crippen LogP contribution in [0.15, 0.2) is 180 Å². The van der Waals surface area contributed by atoms with Crippen LogP contribution in [0.25, 0.3) is 66.1 Å². The van der Waals surface area contributed by atoms with Gasteiger partial charge in [0.2, 0.25) is 0 Å². The van der Waals surface area contributed by atoms with Gasteiger partial charge in [-0.1, -0.05) is 158 Å². The van der Waals surface area contributed by atoms with Crippen LogP contribution < -0.4 is 0 Å². The lowest BCUT2D eigenvalue weighted by atomic mass is 9.67. The van der Waals surface area contributed by atoms with E-state index in [4.69, 9.17) is 4.42 Å². The van der Waals surface area contributed by atoms with Crippen molar-refractivity contribution in [3.63, 3.8) is 0 Å². The van der Waals surface area contributed by atoms with Crippen LogP contribution in [0.1, 0.15) is 27.8 Å². The van der Waals surface area contributed by atoms with Crippen molar-refractivity contribution in [3.8, 4) is 33.4 Å². The molecule has 1 aliphatic carbocycles. The summed E-state index contributed by atoms with van der Waals surface area (Å²) in [6.07, 6.45) is 0. The molecule has 0 spiro atoms. The summed E-state index contributed by atoms with van der Waals surface area (Å²) in [4.78, 5) is 0. The maximum atomic E-state index is 6.45. The van der Waals surface area contributed by atoms with E-state index in [1.54, 1.807) is 0 Å². The number of aryl methyl sites for hydroxylation is 1. The fourth-order valence-electron chi connectivity index (χ4n) is 8.53. The molecule has 0 radical (unpaired) electrons. The molecule has 230 valence electrons. The summed E-state index contributed by atoms with van der Waals surface area (Å²) in [5.74, 6) is 0. The Hall–Kier alpha value is -6.18. The van der Waals surface area contributed by atoms with Crippen molar-refractivity contribution in [1.29, 1.82) is 0 Å². The maximum Gasteiger partial charge on any atom is 0.143 e. The quantitative estimate of drug-likeness (QED) is 0.190. The van der Waals surface area contributed by atoms with E-state index in [0.717, 1.165) is 16.6 Å². The summed E-state index contributed by atoms with van der Waals surface area (Å²) >= 11 is 0. The molecule has 0 saturated carbocycles. The Morgan fingerprint density at radius 3 is 1.78 bits per heavy atom. The Bertz CT molecular complexity index is 2660. The van der Waals surface area contributed by atoms with E-state index in [1.807, 2.05) is 0 Å². The molecule has 10 rings (SSSR count). The van der Waals surface area contributed by atoms with Gasteiger partial charge in [0, 0.05) is 16.2 Å². The molecule has 49 heavy (non-hydrogen) atoms. The highest BCUT2D eigenvalue weighted by Crippen LogP contribution is 2.56. The van der Waals surface area contributed by atoms with Gasteiger partial charge in [-0.15, -0.1) is 0 Å². The molecule has 0 fully saturated rings. The molecule has 1 aromatic heterocycles. The molecule has 0 unspecified atom stereocenters. The molecule has 0 N–H and O–H groups in total. The third kappa shape index (κ3) is 4.00. The molecule has 0 aliphatic heterocycles. The molecule has 1 nitrogen and oxygen atoms in total. The second-order valence-electron chi connectivity index (χ2n) is 13.3. The summed E-state index contributed by atoms with van der Waals surface area (Å²) < 4.78 is 6.45. The van der Waals surface area contributed by atoms with Gasteiger partial charge in [0.25, 0.3) is 0 Å². The number of hydrogen-bond donors (Lipinski definition) is 0. The molecular formula is C48H32O. The first-order valence-corrected chi connectivity index (χ1v) is 17.0. The molecular weight excluding hydrogens is 593 g/mol. The van der Waals surface area contributed by atoms with Gasteiger partial charge in [0.05, 0.1) is 5.41 Å². The van der Waals surface area contributed by atoms with Crippen LogP contribution in [0, 0.1) is 6.92 Å². The summed E-state index contributed by atoms with van der Waals surface area (Å²) in [5, 5.41) is 4.71. The van der Waals surface area contributed by atoms with E-state index in [1.165, 1.54) is 77.4 Å². The minimum absolute atomic E-state index is 0.412. The molecule has 0 saturated heterocycles. The molecule has 0 amide bonds. The largest absolute Gasteiger partial charge is 0.455 e. The predicted molar refractivity (Wildman–Crippen MR) is 204 cm³/mol. The minimum atomic E-state index is -0.412. The van der Waals surface area contributed by atoms with Gasteiger partial charge in [-0.2, -0.15) is 0 Å². The maximum absolute atomic E-state index is 6.45. The third-order valence-corrected chi connectivity index (χ3v) is 10.7. The van der Waals surface area contributed by atoms with E-state index < -0.39 is 5.41 Å². The van der Waals surface area contributed by atoms with E-state index in [2.05, 4.69) is 183 Å². The average Bonchev–Trinajstić information content (AvgIpc) is 3.70. The van der Waals surface area contributed by atoms with Crippen LogP contribution in [0.2, 0.25) is 0 Å². The van der Waals surface area contributed by atoms with Gasteiger partial charge in [-0.25, -0.2) is 0 Å². The Balaban J connectivity index is 1.15. The van der Waals surface area contributed by atoms with Gasteiger partial charge in [-0.05, 0) is 91.7 Å². The van der Waals surface area contributed by atoms with Gasteiger partial charge in [0.1, 0.15) is 11.2 Å². The number of rotatable bonds is 4. The minimum Gasteiger partial charge on any atom is -0.455 e. The molecule has 9 aromatic rings. The van der Waals surface area contributed by atoms with E-state index in [0.29, 0.717) is 0 Å². The number of furan rings is 1. The average molecular weight is 625 g/mol. The SMILES string of the molecule is Cc1cccc2oc3c4ccccc4c(-c4ccc(-c5ccc6c(c5)C(c5ccccc5)(c5ccccc5)c5ccccc5-6)cc4)cc3c12. The first-order valence-electron chi connectivity index (χ1n) is 17.0. The van der Waals surface area contributed by atoms with E-state index >= 15 is 0 Å². The van der Waals surface area contributed by atoms with Crippen LogP contribution >= 0.6 is 0 Å². The van der Waals surface area contributed by atoms with Crippen molar-refractivity contribution < 1.29 is 4.42 Å². The van der Waals surface area contributed by atoms with Gasteiger partial charge in [-0.3, -0.25) is 0 Å². The van der Waals surface area contributed by atoms with Crippen LogP contribution in [-0.4, -0.2) is 0 Å². The third-order valence-electron chi connectivity index (χ3n) is 10.7. The van der Waals surface area contributed by atoms with Crippen molar-refractivity contribution >= 4 is 32.7 Å². The summed E-state index contributed by atoms with van der Waals surface area (Å²) in [7, 11) is 0. The van der Waals surface area contributed by atoms with Gasteiger partial charge in [0.15, 0.2) is 0 Å². The van der Waals surface area contributed by atoms with Gasteiger partial charge < -0.3 is 4.42 Å². The number of hydrogen-bond acceptors (Lipinski definition) is 1. The highest BCUT2D eigenvalue weighted by molar-refractivity contribution is 6.19. The Labute approximate surface area is 285 Å². The van der Waals surface area contributed by atoms with Crippen molar-refractivity contribution in [2.24, 2.45) is 0 Å². The van der Waals surface area contributed by atoms with Gasteiger partial charge >= 0.3 is 0 Å². The molecule has 0 atom stereocenters. The predicted octanol–water partition coefficient (Wildman–Crippen LogP) is 12.7. The number of benzene rings is 8. The smallest absolute Gasteiger partial charge is 0.143 e. The summed E-state index contributed by atoms with van der Waals surface area (Å²) in [6.45, 7) is 2.17. The van der Waals surface area contributed by atoms with Crippen LogP contribution in [0.3, 0.4) is 0 Å². The van der Waals surface area contributed by atoms with Crippen LogP contribution in [0.5, 0.6) is 0 Å². The van der Waals surface area contributed by atoms with E-state index in [-0.39, 0.29) is 0 Å². The standard InChI is InChI=1S/C48H32O/c1-31-13-12-22-45-46(31)42-30-41(37-18-8-9-20-40(37)47(42)49-45)33-25-23-32(24-26-33)34-27-28-39-38-19-10-11-21-43(38)48(44(39)29-34,35-14-4-2-5-15-35)36-16-6-3-7-17-36/h2-30H,1H3. The molecule has 1 heterocycles. The highest BCUT2D eigenvalue weighted by atomic mass is 16.3. The second-order valence-corrected chi connectivity index (χ2v) is 13.3. The first kappa shape index (κ1) is 27.9. The fourth-order valence-corrected chi connectivity index (χ4v) is 8.53. The molecule has 1 heteroatoms. The summed E-state index contributed by atoms with van der Waals surface area (Å²) in [5.41, 5.74) is 15.4. The zero-order valence-corrected chi connectivity index (χ0v) is 27.2. The number of fused-ring (bicyclic) bond motifs is 8. The van der Waals surface area contributed by atoms with E-state index in [9.17, 15) is 0 Å². The van der Waals surface area contributed by atoms with Crippen molar-refractivity contribution in [3.05, 3.63) is 204 Å². The van der Waals surface area contributed by atoms with Crippen molar-refractivity contribution in [2.45, 2.75) is 12.3 Å². The molecule has 8 aromatic carbocycles. The monoisotopic (exact) mass is 624 g/mol. The molecule has 1 aliphatic rings. The Morgan fingerprint density at radius 1 is 0.408 bits per heavy atom. The van der Waals surface area contributed by atoms with Crippen LogP contribution in [0.4, 0.5) is 0 Å². The lowest BCUT2D eigenvalue weighted by Crippen LogP contribution is -2.28. The fraction of sp³-hybridized carbons (Fsp3) is 0.0417. The van der Waals surface area contributed by atoms with Crippen molar-refractivity contribution in [1.82, 2.24) is 0 Å². The summed E-state index contributed by atoms with van der Waals surface area (Å²) in [6, 6.07) is 64.4. The topological polar surface area (TPSA) is 13.1 Å². The van der Waals surface area contributed by atoms with Crippen molar-refractivity contribution in [2.75, 3.05) is 0 Å². The first-order chi connectivity index (χ1) is 24.2. The Morgan fingerprint density at radius 2 is 1.02 bits per heavy atom.